The van der Waals surface area contributed by atoms with Crippen LogP contribution in [0.25, 0.3) is 5.78 Å². The van der Waals surface area contributed by atoms with E-state index in [1.807, 2.05) is 13.0 Å². The summed E-state index contributed by atoms with van der Waals surface area (Å²) in [4.78, 5) is 23.1. The number of aromatic nitrogens is 4. The number of alkyl halides is 2. The van der Waals surface area contributed by atoms with Crippen molar-refractivity contribution >= 4 is 11.7 Å². The number of hydrogen-bond donors (Lipinski definition) is 0. The highest BCUT2D eigenvalue weighted by molar-refractivity contribution is 5.94. The molecule has 3 heterocycles. The van der Waals surface area contributed by atoms with E-state index in [2.05, 4.69) is 15.1 Å². The Labute approximate surface area is 154 Å². The summed E-state index contributed by atoms with van der Waals surface area (Å²) in [5.74, 6) is 0.533. The molecule has 1 aromatic carbocycles. The number of halogens is 2. The second-order valence-corrected chi connectivity index (χ2v) is 6.81. The first-order valence-electron chi connectivity index (χ1n) is 8.87. The van der Waals surface area contributed by atoms with Gasteiger partial charge in [0.2, 0.25) is 0 Å². The summed E-state index contributed by atoms with van der Waals surface area (Å²) in [6, 6.07) is 7.55. The van der Waals surface area contributed by atoms with Gasteiger partial charge in [-0.1, -0.05) is 12.1 Å². The summed E-state index contributed by atoms with van der Waals surface area (Å²) in [6.07, 6.45) is 0.741. The normalized spacial score (nSPS) is 17.6. The summed E-state index contributed by atoms with van der Waals surface area (Å²) in [6.45, 7) is 3.11. The molecule has 27 heavy (non-hydrogen) atoms. The van der Waals surface area contributed by atoms with E-state index in [1.165, 1.54) is 30.6 Å². The van der Waals surface area contributed by atoms with Crippen molar-refractivity contribution in [2.24, 2.45) is 0 Å². The number of fused-ring (bicyclic) bond motifs is 1. The third kappa shape index (κ3) is 3.39. The van der Waals surface area contributed by atoms with E-state index in [0.717, 1.165) is 24.2 Å². The molecule has 6 nitrogen and oxygen atoms in total. The molecule has 8 heteroatoms. The lowest BCUT2D eigenvalue weighted by atomic mass is 9.93. The van der Waals surface area contributed by atoms with E-state index in [4.69, 9.17) is 0 Å². The SMILES string of the molecule is Cc1cc(C2CCCN(C(=O)c3ccc(C(F)F)cc3)C2)n2ncnc2n1. The van der Waals surface area contributed by atoms with Gasteiger partial charge in [-0.05, 0) is 38.0 Å². The fourth-order valence-electron chi connectivity index (χ4n) is 3.61. The fraction of sp³-hybridized carbons (Fsp3) is 0.368. The predicted octanol–water partition coefficient (Wildman–Crippen LogP) is 3.39. The van der Waals surface area contributed by atoms with Crippen LogP contribution in [0.2, 0.25) is 0 Å². The molecule has 3 aromatic rings. The van der Waals surface area contributed by atoms with Gasteiger partial charge in [0.15, 0.2) is 0 Å². The molecular formula is C19H19F2N5O. The van der Waals surface area contributed by atoms with Crippen LogP contribution in [0.15, 0.2) is 36.7 Å². The van der Waals surface area contributed by atoms with E-state index in [-0.39, 0.29) is 17.4 Å². The van der Waals surface area contributed by atoms with Crippen LogP contribution in [0, 0.1) is 6.92 Å². The third-order valence-electron chi connectivity index (χ3n) is 4.94. The topological polar surface area (TPSA) is 63.4 Å². The molecule has 1 aliphatic rings. The molecule has 1 aliphatic heterocycles. The van der Waals surface area contributed by atoms with Gasteiger partial charge in [-0.3, -0.25) is 4.79 Å². The quantitative estimate of drug-likeness (QED) is 0.708. The van der Waals surface area contributed by atoms with Crippen molar-refractivity contribution in [1.29, 1.82) is 0 Å². The first-order chi connectivity index (χ1) is 13.0. The third-order valence-corrected chi connectivity index (χ3v) is 4.94. The molecule has 1 fully saturated rings. The molecular weight excluding hydrogens is 352 g/mol. The molecule has 140 valence electrons. The summed E-state index contributed by atoms with van der Waals surface area (Å²) >= 11 is 0. The number of amides is 1. The highest BCUT2D eigenvalue weighted by atomic mass is 19.3. The molecule has 0 radical (unpaired) electrons. The van der Waals surface area contributed by atoms with E-state index < -0.39 is 6.43 Å². The average Bonchev–Trinajstić information content (AvgIpc) is 3.15. The van der Waals surface area contributed by atoms with Crippen molar-refractivity contribution in [2.45, 2.75) is 32.1 Å². The first-order valence-corrected chi connectivity index (χ1v) is 8.87. The number of carbonyl (C=O) groups is 1. The van der Waals surface area contributed by atoms with Crippen LogP contribution >= 0.6 is 0 Å². The Kier molecular flexibility index (Phi) is 4.55. The van der Waals surface area contributed by atoms with E-state index in [9.17, 15) is 13.6 Å². The predicted molar refractivity (Wildman–Crippen MR) is 94.8 cm³/mol. The number of benzene rings is 1. The van der Waals surface area contributed by atoms with E-state index in [0.29, 0.717) is 24.4 Å². The monoisotopic (exact) mass is 371 g/mol. The van der Waals surface area contributed by atoms with Crippen LogP contribution in [0.4, 0.5) is 8.78 Å². The van der Waals surface area contributed by atoms with Crippen molar-refractivity contribution in [1.82, 2.24) is 24.5 Å². The lowest BCUT2D eigenvalue weighted by Crippen LogP contribution is -2.39. The Balaban J connectivity index is 1.57. The van der Waals surface area contributed by atoms with Gasteiger partial charge in [0.1, 0.15) is 6.33 Å². The van der Waals surface area contributed by atoms with Crippen molar-refractivity contribution in [3.05, 3.63) is 59.2 Å². The molecule has 2 aromatic heterocycles. The Morgan fingerprint density at radius 2 is 2.04 bits per heavy atom. The Hall–Kier alpha value is -2.90. The van der Waals surface area contributed by atoms with Gasteiger partial charge in [0, 0.05) is 35.8 Å². The number of aryl methyl sites for hydroxylation is 1. The molecule has 0 spiro atoms. The number of likely N-dealkylation sites (tertiary alicyclic amines) is 1. The first kappa shape index (κ1) is 17.5. The van der Waals surface area contributed by atoms with Gasteiger partial charge < -0.3 is 4.90 Å². The number of nitrogens with zero attached hydrogens (tertiary/aromatic N) is 5. The van der Waals surface area contributed by atoms with Gasteiger partial charge in [-0.25, -0.2) is 18.3 Å². The lowest BCUT2D eigenvalue weighted by molar-refractivity contribution is 0.0704. The Morgan fingerprint density at radius 1 is 1.26 bits per heavy atom. The number of carbonyl (C=O) groups excluding carboxylic acids is 1. The summed E-state index contributed by atoms with van der Waals surface area (Å²) in [7, 11) is 0. The summed E-state index contributed by atoms with van der Waals surface area (Å²) in [5, 5.41) is 4.26. The van der Waals surface area contributed by atoms with Gasteiger partial charge >= 0.3 is 0 Å². The standard InChI is InChI=1S/C19H19F2N5O/c1-12-9-16(26-19(24-12)22-11-23-26)15-3-2-8-25(10-15)18(27)14-6-4-13(5-7-14)17(20)21/h4-7,9,11,15,17H,2-3,8,10H2,1H3. The maximum absolute atomic E-state index is 12.8. The van der Waals surface area contributed by atoms with Crippen molar-refractivity contribution < 1.29 is 13.6 Å². The zero-order valence-corrected chi connectivity index (χ0v) is 14.8. The highest BCUT2D eigenvalue weighted by Crippen LogP contribution is 2.28. The molecule has 4 rings (SSSR count). The van der Waals surface area contributed by atoms with Crippen molar-refractivity contribution in [2.75, 3.05) is 13.1 Å². The minimum absolute atomic E-state index is 0.0797. The van der Waals surface area contributed by atoms with Crippen molar-refractivity contribution in [3.63, 3.8) is 0 Å². The maximum Gasteiger partial charge on any atom is 0.263 e. The largest absolute Gasteiger partial charge is 0.338 e. The highest BCUT2D eigenvalue weighted by Gasteiger charge is 2.27. The Morgan fingerprint density at radius 3 is 2.78 bits per heavy atom. The molecule has 1 saturated heterocycles. The van der Waals surface area contributed by atoms with Gasteiger partial charge in [0.25, 0.3) is 18.1 Å². The van der Waals surface area contributed by atoms with Crippen LogP contribution < -0.4 is 0 Å². The molecule has 1 atom stereocenters. The number of rotatable bonds is 3. The number of piperidine rings is 1. The van der Waals surface area contributed by atoms with Crippen LogP contribution in [0.3, 0.4) is 0 Å². The van der Waals surface area contributed by atoms with Gasteiger partial charge in [-0.2, -0.15) is 10.1 Å². The van der Waals surface area contributed by atoms with Crippen LogP contribution in [-0.4, -0.2) is 43.5 Å². The Bertz CT molecular complexity index is 970. The summed E-state index contributed by atoms with van der Waals surface area (Å²) < 4.78 is 27.2. The molecule has 0 saturated carbocycles. The van der Waals surface area contributed by atoms with Crippen molar-refractivity contribution in [3.8, 4) is 0 Å². The van der Waals surface area contributed by atoms with Crippen LogP contribution in [0.1, 0.15) is 52.5 Å². The van der Waals surface area contributed by atoms with Gasteiger partial charge in [-0.15, -0.1) is 0 Å². The zero-order chi connectivity index (χ0) is 19.0. The van der Waals surface area contributed by atoms with Crippen LogP contribution in [0.5, 0.6) is 0 Å². The zero-order valence-electron chi connectivity index (χ0n) is 14.8. The summed E-state index contributed by atoms with van der Waals surface area (Å²) in [5.41, 5.74) is 2.19. The smallest absolute Gasteiger partial charge is 0.263 e. The number of hydrogen-bond acceptors (Lipinski definition) is 4. The molecule has 0 aliphatic carbocycles. The molecule has 1 amide bonds. The maximum atomic E-state index is 12.8. The minimum Gasteiger partial charge on any atom is -0.338 e. The molecule has 0 bridgehead atoms. The second-order valence-electron chi connectivity index (χ2n) is 6.81. The molecule has 0 N–H and O–H groups in total. The second kappa shape index (κ2) is 7.02. The average molecular weight is 371 g/mol. The van der Waals surface area contributed by atoms with E-state index >= 15 is 0 Å². The minimum atomic E-state index is -2.53. The van der Waals surface area contributed by atoms with E-state index in [1.54, 1.807) is 9.42 Å². The fourth-order valence-corrected chi connectivity index (χ4v) is 3.61. The van der Waals surface area contributed by atoms with Crippen LogP contribution in [-0.2, 0) is 0 Å². The van der Waals surface area contributed by atoms with Gasteiger partial charge in [0.05, 0.1) is 5.69 Å². The lowest BCUT2D eigenvalue weighted by Gasteiger charge is -2.33. The molecule has 1 unspecified atom stereocenters.